The van der Waals surface area contributed by atoms with Crippen LogP contribution < -0.4 is 0 Å². The summed E-state index contributed by atoms with van der Waals surface area (Å²) in [5, 5.41) is 20.0. The van der Waals surface area contributed by atoms with E-state index in [1.165, 1.54) is 12.8 Å². The number of halogens is 1. The van der Waals surface area contributed by atoms with Gasteiger partial charge in [-0.3, -0.25) is 9.89 Å². The normalized spacial score (nSPS) is 31.8. The molecule has 0 bridgehead atoms. The second kappa shape index (κ2) is 5.96. The van der Waals surface area contributed by atoms with E-state index in [-0.39, 0.29) is 5.92 Å². The van der Waals surface area contributed by atoms with E-state index in [0.29, 0.717) is 35.6 Å². The first-order chi connectivity index (χ1) is 12.5. The molecule has 1 aromatic carbocycles. The van der Waals surface area contributed by atoms with Crippen LogP contribution in [0.1, 0.15) is 44.1 Å². The molecule has 5 nitrogen and oxygen atoms in total. The number of carbonyl (C=O) groups is 1. The number of hydrogen-bond acceptors (Lipinski definition) is 3. The molecule has 6 heteroatoms. The van der Waals surface area contributed by atoms with Gasteiger partial charge in [0.2, 0.25) is 5.91 Å². The van der Waals surface area contributed by atoms with Gasteiger partial charge in [-0.1, -0.05) is 24.4 Å². The van der Waals surface area contributed by atoms with Crippen molar-refractivity contribution in [3.8, 4) is 0 Å². The summed E-state index contributed by atoms with van der Waals surface area (Å²) < 4.78 is 0. The maximum absolute atomic E-state index is 12.7. The highest BCUT2D eigenvalue weighted by atomic mass is 35.5. The molecule has 3 aliphatic rings. The Morgan fingerprint density at radius 3 is 2.62 bits per heavy atom. The van der Waals surface area contributed by atoms with E-state index in [2.05, 4.69) is 15.1 Å². The zero-order valence-corrected chi connectivity index (χ0v) is 15.5. The van der Waals surface area contributed by atoms with Crippen LogP contribution in [0.15, 0.2) is 18.3 Å². The summed E-state index contributed by atoms with van der Waals surface area (Å²) in [6.45, 7) is 1.58. The molecule has 2 saturated carbocycles. The number of hydrogen-bond donors (Lipinski definition) is 2. The summed E-state index contributed by atoms with van der Waals surface area (Å²) in [7, 11) is 0. The minimum Gasteiger partial charge on any atom is -0.385 e. The van der Waals surface area contributed by atoms with Crippen LogP contribution in [0.3, 0.4) is 0 Å². The maximum Gasteiger partial charge on any atom is 0.225 e. The summed E-state index contributed by atoms with van der Waals surface area (Å²) in [5.41, 5.74) is 0.845. The van der Waals surface area contributed by atoms with E-state index >= 15 is 0 Å². The summed E-state index contributed by atoms with van der Waals surface area (Å²) in [6.07, 6.45) is 7.62. The van der Waals surface area contributed by atoms with E-state index < -0.39 is 5.60 Å². The first-order valence-electron chi connectivity index (χ1n) is 9.68. The quantitative estimate of drug-likeness (QED) is 0.846. The van der Waals surface area contributed by atoms with Gasteiger partial charge in [0.25, 0.3) is 0 Å². The summed E-state index contributed by atoms with van der Waals surface area (Å²) in [4.78, 5) is 14.8. The number of rotatable bonds is 2. The van der Waals surface area contributed by atoms with Crippen molar-refractivity contribution in [1.82, 2.24) is 15.1 Å². The minimum atomic E-state index is -0.884. The van der Waals surface area contributed by atoms with Crippen molar-refractivity contribution >= 4 is 28.4 Å². The smallest absolute Gasteiger partial charge is 0.225 e. The molecular formula is C20H24ClN3O2. The van der Waals surface area contributed by atoms with Crippen LogP contribution in [0, 0.1) is 17.8 Å². The predicted octanol–water partition coefficient (Wildman–Crippen LogP) is 3.46. The fraction of sp³-hybridized carbons (Fsp3) is 0.600. The Morgan fingerprint density at radius 1 is 1.23 bits per heavy atom. The van der Waals surface area contributed by atoms with Crippen LogP contribution in [0.2, 0.25) is 5.02 Å². The van der Waals surface area contributed by atoms with E-state index in [1.54, 1.807) is 6.20 Å². The van der Waals surface area contributed by atoms with Gasteiger partial charge in [-0.2, -0.15) is 5.10 Å². The fourth-order valence-electron chi connectivity index (χ4n) is 5.58. The van der Waals surface area contributed by atoms with Gasteiger partial charge in [-0.05, 0) is 55.2 Å². The van der Waals surface area contributed by atoms with Gasteiger partial charge in [0.15, 0.2) is 0 Å². The molecule has 2 heterocycles. The van der Waals surface area contributed by atoms with Gasteiger partial charge in [0.05, 0.1) is 17.3 Å². The van der Waals surface area contributed by atoms with Crippen LogP contribution in [-0.2, 0) is 10.4 Å². The highest BCUT2D eigenvalue weighted by Gasteiger charge is 2.51. The van der Waals surface area contributed by atoms with Crippen LogP contribution in [0.4, 0.5) is 0 Å². The van der Waals surface area contributed by atoms with Crippen molar-refractivity contribution in [3.05, 3.63) is 28.9 Å². The van der Waals surface area contributed by atoms with Crippen molar-refractivity contribution in [3.63, 3.8) is 0 Å². The molecule has 2 aliphatic carbocycles. The first kappa shape index (κ1) is 16.6. The Labute approximate surface area is 157 Å². The number of amides is 1. The lowest BCUT2D eigenvalue weighted by Crippen LogP contribution is -2.35. The van der Waals surface area contributed by atoms with E-state index in [9.17, 15) is 9.90 Å². The summed E-state index contributed by atoms with van der Waals surface area (Å²) in [6, 6.07) is 3.72. The molecule has 26 heavy (non-hydrogen) atoms. The minimum absolute atomic E-state index is 0.242. The van der Waals surface area contributed by atoms with Gasteiger partial charge in [-0.15, -0.1) is 0 Å². The Morgan fingerprint density at radius 2 is 1.92 bits per heavy atom. The first-order valence-corrected chi connectivity index (χ1v) is 10.1. The number of benzene rings is 1. The van der Waals surface area contributed by atoms with Crippen molar-refractivity contribution in [2.24, 2.45) is 17.8 Å². The van der Waals surface area contributed by atoms with Crippen molar-refractivity contribution in [2.45, 2.75) is 44.1 Å². The molecule has 3 fully saturated rings. The highest BCUT2D eigenvalue weighted by molar-refractivity contribution is 6.31. The van der Waals surface area contributed by atoms with Crippen molar-refractivity contribution in [1.29, 1.82) is 0 Å². The third kappa shape index (κ3) is 2.55. The third-order valence-electron chi connectivity index (χ3n) is 6.82. The van der Waals surface area contributed by atoms with E-state index in [0.717, 1.165) is 42.4 Å². The molecule has 0 radical (unpaired) electrons. The lowest BCUT2D eigenvalue weighted by Gasteiger charge is -2.28. The zero-order chi connectivity index (χ0) is 17.9. The molecule has 2 N–H and O–H groups in total. The monoisotopic (exact) mass is 373 g/mol. The molecule has 1 unspecified atom stereocenters. The number of carbonyl (C=O) groups excluding carboxylic acids is 1. The van der Waals surface area contributed by atoms with Gasteiger partial charge in [0.1, 0.15) is 0 Å². The number of likely N-dealkylation sites (tertiary alicyclic amines) is 1. The number of aromatic nitrogens is 2. The standard InChI is InChI=1S/C20H24ClN3O2/c21-15-5-17(16-9-22-23-18(16)6-15)20(26)7-13-10-24(11-14(13)8-20)19(25)12-3-1-2-4-12/h5-6,9,12-14,26H,1-4,7-8,10-11H2,(H,22,23)/t13-,14+,20?. The lowest BCUT2D eigenvalue weighted by molar-refractivity contribution is -0.134. The number of fused-ring (bicyclic) bond motifs is 2. The molecule has 1 saturated heterocycles. The Balaban J connectivity index is 1.37. The van der Waals surface area contributed by atoms with Crippen LogP contribution >= 0.6 is 11.6 Å². The Kier molecular flexibility index (Phi) is 3.80. The van der Waals surface area contributed by atoms with Gasteiger partial charge < -0.3 is 10.0 Å². The van der Waals surface area contributed by atoms with Gasteiger partial charge in [-0.25, -0.2) is 0 Å². The highest BCUT2D eigenvalue weighted by Crippen LogP contribution is 2.51. The van der Waals surface area contributed by atoms with Crippen molar-refractivity contribution in [2.75, 3.05) is 13.1 Å². The van der Waals surface area contributed by atoms with E-state index in [4.69, 9.17) is 11.6 Å². The topological polar surface area (TPSA) is 69.2 Å². The summed E-state index contributed by atoms with van der Waals surface area (Å²) in [5.74, 6) is 1.32. The van der Waals surface area contributed by atoms with Gasteiger partial charge >= 0.3 is 0 Å². The predicted molar refractivity (Wildman–Crippen MR) is 99.8 cm³/mol. The molecular weight excluding hydrogens is 350 g/mol. The number of aromatic amines is 1. The second-order valence-electron chi connectivity index (χ2n) is 8.47. The zero-order valence-electron chi connectivity index (χ0n) is 14.7. The molecule has 138 valence electrons. The number of aliphatic hydroxyl groups is 1. The molecule has 1 aliphatic heterocycles. The van der Waals surface area contributed by atoms with Gasteiger partial charge in [0, 0.05) is 29.4 Å². The van der Waals surface area contributed by atoms with Crippen LogP contribution in [0.25, 0.3) is 10.9 Å². The molecule has 2 aromatic rings. The average molecular weight is 374 g/mol. The molecule has 5 rings (SSSR count). The molecule has 1 amide bonds. The number of nitrogens with zero attached hydrogens (tertiary/aromatic N) is 2. The Bertz CT molecular complexity index is 844. The molecule has 0 spiro atoms. The third-order valence-corrected chi connectivity index (χ3v) is 7.04. The molecule has 1 aromatic heterocycles. The largest absolute Gasteiger partial charge is 0.385 e. The summed E-state index contributed by atoms with van der Waals surface area (Å²) >= 11 is 6.27. The maximum atomic E-state index is 12.7. The molecule has 3 atom stereocenters. The number of H-pyrrole nitrogens is 1. The second-order valence-corrected chi connectivity index (χ2v) is 8.91. The number of nitrogens with one attached hydrogen (secondary N) is 1. The lowest BCUT2D eigenvalue weighted by atomic mass is 9.88. The average Bonchev–Trinajstić information content (AvgIpc) is 3.36. The Hall–Kier alpha value is -1.59. The van der Waals surface area contributed by atoms with E-state index in [1.807, 2.05) is 12.1 Å². The fourth-order valence-corrected chi connectivity index (χ4v) is 5.80. The van der Waals surface area contributed by atoms with Crippen LogP contribution in [-0.4, -0.2) is 39.2 Å². The van der Waals surface area contributed by atoms with Crippen molar-refractivity contribution < 1.29 is 9.90 Å². The van der Waals surface area contributed by atoms with Crippen LogP contribution in [0.5, 0.6) is 0 Å². The SMILES string of the molecule is O=C(C1CCCC1)N1C[C@@H]2CC(O)(c3cc(Cl)cc4[nH]ncc34)C[C@@H]2C1.